The molecule has 0 aliphatic heterocycles. The van der Waals surface area contributed by atoms with Crippen molar-refractivity contribution in [3.8, 4) is 5.75 Å². The van der Waals surface area contributed by atoms with Gasteiger partial charge in [-0.15, -0.1) is 0 Å². The monoisotopic (exact) mass is 207 g/mol. The van der Waals surface area contributed by atoms with Crippen LogP contribution in [0.2, 0.25) is 0 Å². The van der Waals surface area contributed by atoms with E-state index in [1.165, 1.54) is 5.56 Å². The topological polar surface area (TPSA) is 9.23 Å². The third-order valence-electron chi connectivity index (χ3n) is 1.23. The number of hydrogen-bond acceptors (Lipinski definition) is 2. The molecular weight excluding hydrogens is 199 g/mol. The molecule has 0 aliphatic carbocycles. The van der Waals surface area contributed by atoms with Gasteiger partial charge in [-0.1, -0.05) is 30.3 Å². The fourth-order valence-corrected chi connectivity index (χ4v) is 0.909. The summed E-state index contributed by atoms with van der Waals surface area (Å²) in [4.78, 5) is 0. The first-order valence-electron chi connectivity index (χ1n) is 3.16. The molecule has 0 amide bonds. The summed E-state index contributed by atoms with van der Waals surface area (Å²) >= 11 is 8.50. The molecule has 0 aromatic heterocycles. The van der Waals surface area contributed by atoms with E-state index in [4.69, 9.17) is 4.74 Å². The fourth-order valence-electron chi connectivity index (χ4n) is 0.707. The smallest absolute Gasteiger partial charge is 0.222 e. The summed E-state index contributed by atoms with van der Waals surface area (Å²) in [6, 6.07) is 7.64. The molecule has 1 aromatic carbocycles. The molecule has 0 atom stereocenters. The quantitative estimate of drug-likeness (QED) is 0.429. The Bertz CT molecular complexity index is 258. The van der Waals surface area contributed by atoms with Crippen LogP contribution >= 0.6 is 24.8 Å². The molecule has 0 saturated carbocycles. The second kappa shape index (κ2) is 6.00. The molecule has 0 heterocycles. The van der Waals surface area contributed by atoms with Crippen molar-refractivity contribution in [1.29, 1.82) is 0 Å². The van der Waals surface area contributed by atoms with Crippen molar-refractivity contribution in [1.82, 2.24) is 0 Å². The van der Waals surface area contributed by atoms with Crippen molar-refractivity contribution < 1.29 is 4.74 Å². The van der Waals surface area contributed by atoms with Crippen molar-refractivity contribution in [3.63, 3.8) is 0 Å². The molecule has 0 aliphatic rings. The van der Waals surface area contributed by atoms with E-state index in [0.717, 1.165) is 5.75 Å². The minimum absolute atomic E-state index is 0. The number of aryl methyl sites for hydroxylation is 1. The average Bonchev–Trinajstić information content (AvgIpc) is 1.93. The molecule has 4 heteroatoms. The van der Waals surface area contributed by atoms with Crippen molar-refractivity contribution in [2.24, 2.45) is 0 Å². The van der Waals surface area contributed by atoms with Crippen LogP contribution in [0.1, 0.15) is 5.56 Å². The number of benzene rings is 1. The van der Waals surface area contributed by atoms with Gasteiger partial charge in [-0.05, 0) is 31.3 Å². The maximum Gasteiger partial charge on any atom is 0.222 e. The van der Waals surface area contributed by atoms with Crippen LogP contribution in [-0.2, 0) is 0 Å². The summed E-state index contributed by atoms with van der Waals surface area (Å²) in [7, 11) is 0. The van der Waals surface area contributed by atoms with Gasteiger partial charge in [-0.2, -0.15) is 0 Å². The molecule has 0 fully saturated rings. The molecule has 0 saturated heterocycles. The zero-order chi connectivity index (χ0) is 8.27. The van der Waals surface area contributed by atoms with Crippen LogP contribution in [-0.4, -0.2) is 33.9 Å². The van der Waals surface area contributed by atoms with Gasteiger partial charge < -0.3 is 4.74 Å². The van der Waals surface area contributed by atoms with Crippen molar-refractivity contribution in [3.05, 3.63) is 29.8 Å². The van der Waals surface area contributed by atoms with Crippen LogP contribution in [0.25, 0.3) is 0 Å². The molecule has 1 radical (unpaired) electrons. The van der Waals surface area contributed by atoms with Crippen LogP contribution in [0.4, 0.5) is 0 Å². The molecule has 0 unspecified atom stereocenters. The summed E-state index contributed by atoms with van der Waals surface area (Å²) in [5.74, 6) is 0.732. The van der Waals surface area contributed by atoms with E-state index >= 15 is 0 Å². The van der Waals surface area contributed by atoms with E-state index in [-0.39, 0.29) is 33.9 Å². The van der Waals surface area contributed by atoms with Crippen molar-refractivity contribution in [2.45, 2.75) is 6.92 Å². The Kier molecular flexibility index (Phi) is 6.23. The first kappa shape index (κ1) is 12.5. The standard InChI is InChI=1S/C8H8OS2.Na/c1-6-2-4-7(5-3-6)9-8(10)11;/h2-5H,1H3,(H,10,11);. The SMILES string of the molecule is Cc1ccc(OC(=S)S)cc1.[Na]. The molecule has 59 valence electrons. The molecule has 1 nitrogen and oxygen atoms in total. The Hall–Kier alpha value is 0.460. The Morgan fingerprint density at radius 2 is 1.83 bits per heavy atom. The van der Waals surface area contributed by atoms with Gasteiger partial charge >= 0.3 is 0 Å². The Labute approximate surface area is 105 Å². The number of thiocarbonyl (C=S) groups is 1. The van der Waals surface area contributed by atoms with Gasteiger partial charge in [0.15, 0.2) is 0 Å². The number of ether oxygens (including phenoxy) is 1. The summed E-state index contributed by atoms with van der Waals surface area (Å²) in [6.45, 7) is 2.02. The van der Waals surface area contributed by atoms with Gasteiger partial charge in [0.1, 0.15) is 5.75 Å². The molecular formula is C8H8NaOS2. The van der Waals surface area contributed by atoms with Crippen LogP contribution in [0.15, 0.2) is 24.3 Å². The normalized spacial score (nSPS) is 8.50. The minimum Gasteiger partial charge on any atom is -0.440 e. The minimum atomic E-state index is 0. The largest absolute Gasteiger partial charge is 0.440 e. The van der Waals surface area contributed by atoms with Crippen LogP contribution < -0.4 is 4.74 Å². The number of rotatable bonds is 1. The van der Waals surface area contributed by atoms with Crippen LogP contribution in [0.5, 0.6) is 5.75 Å². The Morgan fingerprint density at radius 1 is 1.33 bits per heavy atom. The summed E-state index contributed by atoms with van der Waals surface area (Å²) in [5, 5.41) is 0. The maximum absolute atomic E-state index is 5.06. The van der Waals surface area contributed by atoms with Gasteiger partial charge in [0, 0.05) is 29.6 Å². The van der Waals surface area contributed by atoms with Gasteiger partial charge in [0.25, 0.3) is 0 Å². The molecule has 12 heavy (non-hydrogen) atoms. The predicted octanol–water partition coefficient (Wildman–Crippen LogP) is 2.21. The molecule has 0 N–H and O–H groups in total. The zero-order valence-electron chi connectivity index (χ0n) is 7.07. The third-order valence-corrected chi connectivity index (χ3v) is 1.40. The second-order valence-corrected chi connectivity index (χ2v) is 3.26. The first-order valence-corrected chi connectivity index (χ1v) is 4.01. The fraction of sp³-hybridized carbons (Fsp3) is 0.125. The zero-order valence-corrected chi connectivity index (χ0v) is 10.8. The van der Waals surface area contributed by atoms with Crippen LogP contribution in [0.3, 0.4) is 0 Å². The maximum atomic E-state index is 5.06. The number of hydrogen-bond donors (Lipinski definition) is 1. The van der Waals surface area contributed by atoms with Gasteiger partial charge in [-0.25, -0.2) is 0 Å². The van der Waals surface area contributed by atoms with Gasteiger partial charge in [-0.3, -0.25) is 0 Å². The van der Waals surface area contributed by atoms with Crippen LogP contribution in [0, 0.1) is 6.92 Å². The van der Waals surface area contributed by atoms with E-state index in [1.54, 1.807) is 0 Å². The molecule has 0 bridgehead atoms. The first-order chi connectivity index (χ1) is 5.18. The van der Waals surface area contributed by atoms with E-state index in [2.05, 4.69) is 24.8 Å². The summed E-state index contributed by atoms with van der Waals surface area (Å²) in [5.41, 5.74) is 1.20. The van der Waals surface area contributed by atoms with Gasteiger partial charge in [0.05, 0.1) is 0 Å². The second-order valence-electron chi connectivity index (χ2n) is 2.18. The summed E-state index contributed by atoms with van der Waals surface area (Å²) < 4.78 is 5.31. The third kappa shape index (κ3) is 4.48. The average molecular weight is 207 g/mol. The molecule has 1 aromatic rings. The van der Waals surface area contributed by atoms with E-state index in [0.29, 0.717) is 0 Å². The Balaban J connectivity index is 0.00000121. The van der Waals surface area contributed by atoms with Gasteiger partial charge in [0.2, 0.25) is 4.38 Å². The predicted molar refractivity (Wildman–Crippen MR) is 59.1 cm³/mol. The molecule has 1 rings (SSSR count). The Morgan fingerprint density at radius 3 is 2.25 bits per heavy atom. The van der Waals surface area contributed by atoms with Crippen molar-refractivity contribution in [2.75, 3.05) is 0 Å². The number of thiol groups is 1. The molecule has 0 spiro atoms. The van der Waals surface area contributed by atoms with E-state index in [9.17, 15) is 0 Å². The van der Waals surface area contributed by atoms with E-state index < -0.39 is 0 Å². The summed E-state index contributed by atoms with van der Waals surface area (Å²) in [6.07, 6.45) is 0. The van der Waals surface area contributed by atoms with Crippen molar-refractivity contribution >= 4 is 58.8 Å². The van der Waals surface area contributed by atoms with E-state index in [1.807, 2.05) is 31.2 Å².